The molecular weight excluding hydrogens is 262 g/mol. The molecule has 21 heavy (non-hydrogen) atoms. The van der Waals surface area contributed by atoms with Crippen LogP contribution >= 0.6 is 0 Å². The first kappa shape index (κ1) is 13.7. The Bertz CT molecular complexity index is 781. The summed E-state index contributed by atoms with van der Waals surface area (Å²) in [5, 5.41) is 7.81. The predicted molar refractivity (Wildman–Crippen MR) is 85.4 cm³/mol. The minimum atomic E-state index is 0.738. The summed E-state index contributed by atoms with van der Waals surface area (Å²) in [6, 6.07) is 6.40. The van der Waals surface area contributed by atoms with E-state index in [0.717, 1.165) is 30.2 Å². The number of nitrogens with zero attached hydrogens (tertiary/aromatic N) is 4. The van der Waals surface area contributed by atoms with Crippen LogP contribution in [0.15, 0.2) is 24.4 Å². The molecule has 2 aromatic heterocycles. The van der Waals surface area contributed by atoms with Gasteiger partial charge in [-0.25, -0.2) is 4.98 Å². The highest BCUT2D eigenvalue weighted by Crippen LogP contribution is 2.21. The third kappa shape index (κ3) is 2.51. The van der Waals surface area contributed by atoms with Crippen LogP contribution in [0, 0.1) is 13.8 Å². The van der Waals surface area contributed by atoms with Crippen LogP contribution in [0.1, 0.15) is 23.7 Å². The Kier molecular flexibility index (Phi) is 3.41. The van der Waals surface area contributed by atoms with Crippen LogP contribution in [0.4, 0.5) is 5.95 Å². The van der Waals surface area contributed by atoms with Crippen molar-refractivity contribution in [3.63, 3.8) is 0 Å². The molecule has 2 heterocycles. The van der Waals surface area contributed by atoms with Gasteiger partial charge in [0.1, 0.15) is 0 Å². The molecule has 0 radical (unpaired) electrons. The van der Waals surface area contributed by atoms with E-state index >= 15 is 0 Å². The Morgan fingerprint density at radius 1 is 1.24 bits per heavy atom. The van der Waals surface area contributed by atoms with Crippen LogP contribution in [0.2, 0.25) is 0 Å². The maximum Gasteiger partial charge on any atom is 0.204 e. The second kappa shape index (κ2) is 5.24. The summed E-state index contributed by atoms with van der Waals surface area (Å²) in [4.78, 5) is 4.72. The zero-order valence-electron chi connectivity index (χ0n) is 13.0. The molecule has 0 spiro atoms. The monoisotopic (exact) mass is 283 g/mol. The minimum absolute atomic E-state index is 0.738. The number of benzene rings is 1. The van der Waals surface area contributed by atoms with Gasteiger partial charge in [-0.1, -0.05) is 6.07 Å². The van der Waals surface area contributed by atoms with Crippen molar-refractivity contribution >= 4 is 17.0 Å². The Labute approximate surface area is 124 Å². The highest BCUT2D eigenvalue weighted by Gasteiger charge is 2.10. The lowest BCUT2D eigenvalue weighted by Crippen LogP contribution is -2.07. The average Bonchev–Trinajstić information content (AvgIpc) is 2.94. The van der Waals surface area contributed by atoms with E-state index in [2.05, 4.69) is 47.0 Å². The Balaban J connectivity index is 1.91. The summed E-state index contributed by atoms with van der Waals surface area (Å²) in [6.07, 6.45) is 2.05. The smallest absolute Gasteiger partial charge is 0.204 e. The Morgan fingerprint density at radius 2 is 2.05 bits per heavy atom. The molecular formula is C16H21N5. The van der Waals surface area contributed by atoms with Crippen molar-refractivity contribution in [1.82, 2.24) is 19.3 Å². The number of anilines is 1. The molecule has 0 bridgehead atoms. The molecule has 0 atom stereocenters. The number of hydrogen-bond donors (Lipinski definition) is 1. The third-order valence-electron chi connectivity index (χ3n) is 3.77. The fourth-order valence-electron chi connectivity index (χ4n) is 2.69. The van der Waals surface area contributed by atoms with Crippen LogP contribution < -0.4 is 5.32 Å². The Morgan fingerprint density at radius 3 is 2.71 bits per heavy atom. The van der Waals surface area contributed by atoms with Crippen molar-refractivity contribution in [2.24, 2.45) is 7.05 Å². The number of hydrogen-bond acceptors (Lipinski definition) is 3. The van der Waals surface area contributed by atoms with E-state index in [1.807, 2.05) is 24.9 Å². The number of aryl methyl sites for hydroxylation is 4. The summed E-state index contributed by atoms with van der Waals surface area (Å²) in [6.45, 7) is 7.90. The Hall–Kier alpha value is -2.30. The summed E-state index contributed by atoms with van der Waals surface area (Å²) in [5.74, 6) is 0.918. The fourth-order valence-corrected chi connectivity index (χ4v) is 2.69. The zero-order valence-corrected chi connectivity index (χ0v) is 13.0. The molecule has 0 fully saturated rings. The maximum absolute atomic E-state index is 4.72. The first-order chi connectivity index (χ1) is 10.1. The molecule has 1 aromatic carbocycles. The van der Waals surface area contributed by atoms with Crippen LogP contribution in [0.25, 0.3) is 11.0 Å². The van der Waals surface area contributed by atoms with Gasteiger partial charge in [-0.05, 0) is 38.5 Å². The molecule has 0 amide bonds. The van der Waals surface area contributed by atoms with E-state index in [1.165, 1.54) is 16.6 Å². The molecule has 0 saturated heterocycles. The maximum atomic E-state index is 4.72. The molecule has 5 nitrogen and oxygen atoms in total. The highest BCUT2D eigenvalue weighted by molar-refractivity contribution is 5.79. The first-order valence-corrected chi connectivity index (χ1v) is 7.28. The molecule has 0 aliphatic carbocycles. The predicted octanol–water partition coefficient (Wildman–Crippen LogP) is 3.02. The number of aromatic nitrogens is 4. The number of rotatable bonds is 4. The molecule has 5 heteroatoms. The van der Waals surface area contributed by atoms with Crippen molar-refractivity contribution in [2.75, 3.05) is 5.32 Å². The van der Waals surface area contributed by atoms with Crippen molar-refractivity contribution in [2.45, 2.75) is 33.9 Å². The molecule has 1 N–H and O–H groups in total. The van der Waals surface area contributed by atoms with E-state index in [4.69, 9.17) is 4.98 Å². The van der Waals surface area contributed by atoms with Gasteiger partial charge in [-0.15, -0.1) is 0 Å². The molecule has 0 aliphatic heterocycles. The third-order valence-corrected chi connectivity index (χ3v) is 3.77. The summed E-state index contributed by atoms with van der Waals surface area (Å²) in [5.41, 5.74) is 5.71. The van der Waals surface area contributed by atoms with E-state index in [1.54, 1.807) is 0 Å². The van der Waals surface area contributed by atoms with E-state index in [9.17, 15) is 0 Å². The molecule has 3 aromatic rings. The summed E-state index contributed by atoms with van der Waals surface area (Å²) >= 11 is 0. The van der Waals surface area contributed by atoms with Crippen molar-refractivity contribution < 1.29 is 0 Å². The van der Waals surface area contributed by atoms with E-state index < -0.39 is 0 Å². The van der Waals surface area contributed by atoms with E-state index in [0.29, 0.717) is 0 Å². The second-order valence-corrected chi connectivity index (χ2v) is 5.44. The molecule has 0 unspecified atom stereocenters. The van der Waals surface area contributed by atoms with Crippen LogP contribution in [0.3, 0.4) is 0 Å². The van der Waals surface area contributed by atoms with Crippen LogP contribution in [-0.4, -0.2) is 19.3 Å². The number of fused-ring (bicyclic) bond motifs is 1. The summed E-state index contributed by atoms with van der Waals surface area (Å²) < 4.78 is 4.05. The zero-order chi connectivity index (χ0) is 15.0. The lowest BCUT2D eigenvalue weighted by atomic mass is 10.2. The lowest BCUT2D eigenvalue weighted by Gasteiger charge is -2.08. The molecule has 3 rings (SSSR count). The second-order valence-electron chi connectivity index (χ2n) is 5.44. The van der Waals surface area contributed by atoms with Gasteiger partial charge in [0.05, 0.1) is 16.7 Å². The molecule has 110 valence electrons. The first-order valence-electron chi connectivity index (χ1n) is 7.28. The van der Waals surface area contributed by atoms with Crippen LogP contribution in [0.5, 0.6) is 0 Å². The number of nitrogens with one attached hydrogen (secondary N) is 1. The number of imidazole rings is 1. The quantitative estimate of drug-likeness (QED) is 0.800. The summed E-state index contributed by atoms with van der Waals surface area (Å²) in [7, 11) is 1.95. The van der Waals surface area contributed by atoms with Gasteiger partial charge in [0, 0.05) is 31.9 Å². The normalized spacial score (nSPS) is 11.2. The van der Waals surface area contributed by atoms with Gasteiger partial charge in [0.25, 0.3) is 0 Å². The van der Waals surface area contributed by atoms with Gasteiger partial charge in [0.2, 0.25) is 5.95 Å². The minimum Gasteiger partial charge on any atom is -0.351 e. The van der Waals surface area contributed by atoms with Gasteiger partial charge < -0.3 is 9.88 Å². The van der Waals surface area contributed by atoms with Crippen LogP contribution in [-0.2, 0) is 20.1 Å². The topological polar surface area (TPSA) is 47.7 Å². The van der Waals surface area contributed by atoms with Crippen molar-refractivity contribution in [1.29, 1.82) is 0 Å². The van der Waals surface area contributed by atoms with Gasteiger partial charge >= 0.3 is 0 Å². The van der Waals surface area contributed by atoms with Gasteiger partial charge in [0.15, 0.2) is 0 Å². The largest absolute Gasteiger partial charge is 0.351 e. The fraction of sp³-hybridized carbons (Fsp3) is 0.375. The average molecular weight is 283 g/mol. The standard InChI is InChI=1S/C16H21N5/c1-5-21-15-7-6-11(2)8-14(15)18-16(21)17-9-13-10-20(4)19-12(13)3/h6-8,10H,5,9H2,1-4H3,(H,17,18). The molecule has 0 aliphatic rings. The van der Waals surface area contributed by atoms with Crippen molar-refractivity contribution in [3.8, 4) is 0 Å². The van der Waals surface area contributed by atoms with Gasteiger partial charge in [-0.2, -0.15) is 5.10 Å². The van der Waals surface area contributed by atoms with Crippen molar-refractivity contribution in [3.05, 3.63) is 41.2 Å². The lowest BCUT2D eigenvalue weighted by molar-refractivity contribution is 0.756. The highest BCUT2D eigenvalue weighted by atomic mass is 15.3. The SMILES string of the molecule is CCn1c(NCc2cn(C)nc2C)nc2cc(C)ccc21. The molecule has 0 saturated carbocycles. The van der Waals surface area contributed by atoms with Gasteiger partial charge in [-0.3, -0.25) is 4.68 Å². The van der Waals surface area contributed by atoms with E-state index in [-0.39, 0.29) is 0 Å².